The minimum Gasteiger partial charge on any atom is -0.465 e. The highest BCUT2D eigenvalue weighted by Crippen LogP contribution is 2.31. The fraction of sp³-hybridized carbons (Fsp3) is 0.300. The van der Waals surface area contributed by atoms with Crippen LogP contribution >= 0.6 is 11.8 Å². The van der Waals surface area contributed by atoms with Crippen LogP contribution in [-0.4, -0.2) is 24.2 Å². The molecule has 0 aliphatic rings. The van der Waals surface area contributed by atoms with Crippen molar-refractivity contribution < 1.29 is 14.3 Å². The average molecular weight is 357 g/mol. The Kier molecular flexibility index (Phi) is 7.07. The molecule has 5 heteroatoms. The molecule has 1 amide bonds. The van der Waals surface area contributed by atoms with Crippen molar-refractivity contribution >= 4 is 29.3 Å². The first kappa shape index (κ1) is 19.1. The smallest absolute Gasteiger partial charge is 0.315 e. The van der Waals surface area contributed by atoms with Crippen LogP contribution in [0.1, 0.15) is 28.9 Å². The second-order valence-corrected chi connectivity index (χ2v) is 6.81. The van der Waals surface area contributed by atoms with Crippen molar-refractivity contribution in [1.82, 2.24) is 0 Å². The lowest BCUT2D eigenvalue weighted by Gasteiger charge is -2.18. The summed E-state index contributed by atoms with van der Waals surface area (Å²) in [6, 6.07) is 15.4. The maximum atomic E-state index is 12.9. The van der Waals surface area contributed by atoms with Gasteiger partial charge in [-0.25, -0.2) is 0 Å². The minimum atomic E-state index is -0.481. The molecule has 132 valence electrons. The maximum Gasteiger partial charge on any atom is 0.315 e. The molecule has 2 aromatic rings. The van der Waals surface area contributed by atoms with Gasteiger partial charge in [0.1, 0.15) is 5.25 Å². The maximum absolute atomic E-state index is 12.9. The summed E-state index contributed by atoms with van der Waals surface area (Å²) in [4.78, 5) is 24.5. The van der Waals surface area contributed by atoms with Crippen molar-refractivity contribution in [2.24, 2.45) is 0 Å². The Morgan fingerprint density at radius 2 is 1.84 bits per heavy atom. The molecule has 0 aromatic heterocycles. The number of carbonyl (C=O) groups excluding carboxylic acids is 2. The van der Waals surface area contributed by atoms with Crippen LogP contribution in [-0.2, 0) is 14.3 Å². The van der Waals surface area contributed by atoms with Crippen LogP contribution in [0.25, 0.3) is 0 Å². The molecular weight excluding hydrogens is 334 g/mol. The first-order valence-electron chi connectivity index (χ1n) is 8.21. The molecule has 0 bridgehead atoms. The molecular formula is C20H23NO3S. The van der Waals surface area contributed by atoms with Crippen LogP contribution in [0.5, 0.6) is 0 Å². The highest BCUT2D eigenvalue weighted by Gasteiger charge is 2.23. The van der Waals surface area contributed by atoms with E-state index in [-0.39, 0.29) is 17.6 Å². The van der Waals surface area contributed by atoms with Crippen molar-refractivity contribution in [2.45, 2.75) is 26.0 Å². The highest BCUT2D eigenvalue weighted by molar-refractivity contribution is 8.00. The second kappa shape index (κ2) is 9.28. The monoisotopic (exact) mass is 357 g/mol. The molecule has 0 aliphatic carbocycles. The number of hydrogen-bond acceptors (Lipinski definition) is 4. The van der Waals surface area contributed by atoms with Gasteiger partial charge in [-0.3, -0.25) is 9.59 Å². The van der Waals surface area contributed by atoms with Crippen LogP contribution in [0.15, 0.2) is 48.5 Å². The molecule has 1 N–H and O–H groups in total. The summed E-state index contributed by atoms with van der Waals surface area (Å²) in [5, 5.41) is 2.51. The molecule has 0 aliphatic heterocycles. The zero-order valence-electron chi connectivity index (χ0n) is 14.7. The van der Waals surface area contributed by atoms with Gasteiger partial charge in [-0.15, -0.1) is 11.8 Å². The zero-order chi connectivity index (χ0) is 18.2. The van der Waals surface area contributed by atoms with Crippen molar-refractivity contribution in [3.63, 3.8) is 0 Å². The van der Waals surface area contributed by atoms with Gasteiger partial charge in [-0.2, -0.15) is 0 Å². The van der Waals surface area contributed by atoms with Gasteiger partial charge < -0.3 is 10.1 Å². The number of anilines is 1. The summed E-state index contributed by atoms with van der Waals surface area (Å²) in [5.74, 6) is -0.324. The standard InChI is InChI=1S/C20H23NO3S/c1-4-24-18(22)13-25-19(16-8-6-5-7-9-16)20(23)21-17-12-14(2)10-11-15(17)3/h5-12,19H,4,13H2,1-3H3,(H,21,23). The Morgan fingerprint density at radius 3 is 2.52 bits per heavy atom. The quantitative estimate of drug-likeness (QED) is 0.752. The van der Waals surface area contributed by atoms with Crippen molar-refractivity contribution in [3.8, 4) is 0 Å². The molecule has 0 fully saturated rings. The van der Waals surface area contributed by atoms with E-state index in [9.17, 15) is 9.59 Å². The minimum absolute atomic E-state index is 0.133. The first-order chi connectivity index (χ1) is 12.0. The zero-order valence-corrected chi connectivity index (χ0v) is 15.6. The summed E-state index contributed by atoms with van der Waals surface area (Å²) in [7, 11) is 0. The Morgan fingerprint density at radius 1 is 1.12 bits per heavy atom. The number of benzene rings is 2. The molecule has 2 aromatic carbocycles. The molecule has 2 rings (SSSR count). The third-order valence-corrected chi connectivity index (χ3v) is 4.89. The number of carbonyl (C=O) groups is 2. The highest BCUT2D eigenvalue weighted by atomic mass is 32.2. The van der Waals surface area contributed by atoms with Gasteiger partial charge in [0.05, 0.1) is 12.4 Å². The van der Waals surface area contributed by atoms with E-state index in [1.165, 1.54) is 11.8 Å². The van der Waals surface area contributed by atoms with Gasteiger partial charge in [0, 0.05) is 5.69 Å². The fourth-order valence-electron chi connectivity index (χ4n) is 2.37. The Labute approximate surface area is 153 Å². The van der Waals surface area contributed by atoms with Crippen molar-refractivity contribution in [1.29, 1.82) is 0 Å². The van der Waals surface area contributed by atoms with E-state index in [1.54, 1.807) is 6.92 Å². The molecule has 0 heterocycles. The summed E-state index contributed by atoms with van der Waals surface area (Å²) in [6.45, 7) is 6.05. The topological polar surface area (TPSA) is 55.4 Å². The van der Waals surface area contributed by atoms with Gasteiger partial charge in [-0.1, -0.05) is 42.5 Å². The number of esters is 1. The van der Waals surface area contributed by atoms with E-state index in [4.69, 9.17) is 4.74 Å². The number of ether oxygens (including phenoxy) is 1. The van der Waals surface area contributed by atoms with E-state index >= 15 is 0 Å². The van der Waals surface area contributed by atoms with Gasteiger partial charge in [0.15, 0.2) is 0 Å². The number of thioether (sulfide) groups is 1. The normalized spacial score (nSPS) is 11.6. The molecule has 25 heavy (non-hydrogen) atoms. The lowest BCUT2D eigenvalue weighted by molar-refractivity contribution is -0.139. The van der Waals surface area contributed by atoms with E-state index in [2.05, 4.69) is 5.32 Å². The predicted molar refractivity (Wildman–Crippen MR) is 103 cm³/mol. The van der Waals surface area contributed by atoms with Crippen LogP contribution in [0.3, 0.4) is 0 Å². The van der Waals surface area contributed by atoms with Crippen LogP contribution in [0, 0.1) is 13.8 Å². The Bertz CT molecular complexity index is 731. The summed E-state index contributed by atoms with van der Waals surface area (Å²) in [6.07, 6.45) is 0. The summed E-state index contributed by atoms with van der Waals surface area (Å²) in [5.41, 5.74) is 3.74. The van der Waals surface area contributed by atoms with E-state index in [1.807, 2.05) is 62.4 Å². The number of amides is 1. The lowest BCUT2D eigenvalue weighted by Crippen LogP contribution is -2.21. The van der Waals surface area contributed by atoms with E-state index in [0.717, 1.165) is 22.4 Å². The Balaban J connectivity index is 2.17. The summed E-state index contributed by atoms with van der Waals surface area (Å²) >= 11 is 1.27. The third-order valence-electron chi connectivity index (χ3n) is 3.66. The number of hydrogen-bond donors (Lipinski definition) is 1. The molecule has 4 nitrogen and oxygen atoms in total. The van der Waals surface area contributed by atoms with Gasteiger partial charge in [0.25, 0.3) is 0 Å². The number of nitrogens with one attached hydrogen (secondary N) is 1. The summed E-state index contributed by atoms with van der Waals surface area (Å²) < 4.78 is 4.97. The molecule has 0 saturated carbocycles. The largest absolute Gasteiger partial charge is 0.465 e. The number of aryl methyl sites for hydroxylation is 2. The average Bonchev–Trinajstić information content (AvgIpc) is 2.59. The van der Waals surface area contributed by atoms with Gasteiger partial charge in [0.2, 0.25) is 5.91 Å². The van der Waals surface area contributed by atoms with Gasteiger partial charge in [-0.05, 0) is 43.5 Å². The molecule has 1 unspecified atom stereocenters. The van der Waals surface area contributed by atoms with Crippen LogP contribution in [0.4, 0.5) is 5.69 Å². The van der Waals surface area contributed by atoms with E-state index in [0.29, 0.717) is 6.61 Å². The first-order valence-corrected chi connectivity index (χ1v) is 9.26. The van der Waals surface area contributed by atoms with Crippen molar-refractivity contribution in [3.05, 3.63) is 65.2 Å². The lowest BCUT2D eigenvalue weighted by atomic mass is 10.1. The predicted octanol–water partition coefficient (Wildman–Crippen LogP) is 4.28. The van der Waals surface area contributed by atoms with Crippen molar-refractivity contribution in [2.75, 3.05) is 17.7 Å². The van der Waals surface area contributed by atoms with Crippen LogP contribution < -0.4 is 5.32 Å². The molecule has 1 atom stereocenters. The number of rotatable bonds is 7. The second-order valence-electron chi connectivity index (χ2n) is 5.71. The SMILES string of the molecule is CCOC(=O)CSC(C(=O)Nc1cc(C)ccc1C)c1ccccc1. The van der Waals surface area contributed by atoms with Gasteiger partial charge >= 0.3 is 5.97 Å². The third kappa shape index (κ3) is 5.64. The van der Waals surface area contributed by atoms with Crippen LogP contribution in [0.2, 0.25) is 0 Å². The Hall–Kier alpha value is -2.27. The molecule has 0 saturated heterocycles. The van der Waals surface area contributed by atoms with E-state index < -0.39 is 5.25 Å². The fourth-order valence-corrected chi connectivity index (χ4v) is 3.32. The molecule has 0 radical (unpaired) electrons. The molecule has 0 spiro atoms.